The minimum atomic E-state index is -0.278. The third-order valence-electron chi connectivity index (χ3n) is 3.71. The van der Waals surface area contributed by atoms with Crippen LogP contribution < -0.4 is 20.9 Å². The van der Waals surface area contributed by atoms with Crippen LogP contribution in [0.2, 0.25) is 0 Å². The molecule has 1 aliphatic heterocycles. The molecule has 3 rings (SSSR count). The number of urea groups is 1. The van der Waals surface area contributed by atoms with Crippen LogP contribution in [0.5, 0.6) is 0 Å². The largest absolute Gasteiger partial charge is 0.360 e. The molecule has 24 heavy (non-hydrogen) atoms. The zero-order valence-electron chi connectivity index (χ0n) is 13.2. The number of carbonyl (C=O) groups excluding carboxylic acids is 2. The summed E-state index contributed by atoms with van der Waals surface area (Å²) in [5, 5.41) is 8.32. The van der Waals surface area contributed by atoms with E-state index in [1.165, 1.54) is 0 Å². The Bertz CT molecular complexity index is 703. The van der Waals surface area contributed by atoms with Gasteiger partial charge in [-0.2, -0.15) is 0 Å². The lowest BCUT2D eigenvalue weighted by molar-refractivity contribution is -0.120. The topological polar surface area (TPSA) is 86.4 Å². The number of hydrogen-bond donors (Lipinski definition) is 3. The van der Waals surface area contributed by atoms with E-state index in [2.05, 4.69) is 20.9 Å². The Morgan fingerprint density at radius 1 is 1.25 bits per heavy atom. The summed E-state index contributed by atoms with van der Waals surface area (Å²) in [7, 11) is 0. The lowest BCUT2D eigenvalue weighted by Gasteiger charge is -2.28. The van der Waals surface area contributed by atoms with Crippen LogP contribution in [-0.4, -0.2) is 36.6 Å². The molecule has 7 heteroatoms. The van der Waals surface area contributed by atoms with Crippen molar-refractivity contribution in [2.45, 2.75) is 6.54 Å². The van der Waals surface area contributed by atoms with E-state index in [4.69, 9.17) is 0 Å². The average Bonchev–Trinajstić information content (AvgIpc) is 2.61. The number of pyridine rings is 1. The Morgan fingerprint density at radius 2 is 2.08 bits per heavy atom. The zero-order valence-corrected chi connectivity index (χ0v) is 13.2. The van der Waals surface area contributed by atoms with Gasteiger partial charge in [0.05, 0.1) is 18.4 Å². The molecule has 7 nitrogen and oxygen atoms in total. The van der Waals surface area contributed by atoms with Gasteiger partial charge in [-0.1, -0.05) is 12.1 Å². The van der Waals surface area contributed by atoms with Crippen molar-refractivity contribution in [3.8, 4) is 0 Å². The first-order chi connectivity index (χ1) is 11.7. The molecule has 2 aromatic rings. The van der Waals surface area contributed by atoms with Crippen LogP contribution in [-0.2, 0) is 11.3 Å². The highest BCUT2D eigenvalue weighted by Crippen LogP contribution is 2.16. The maximum atomic E-state index is 11.8. The Kier molecular flexibility index (Phi) is 4.90. The lowest BCUT2D eigenvalue weighted by Crippen LogP contribution is -2.47. The number of rotatable bonds is 4. The number of nitrogens with zero attached hydrogens (tertiary/aromatic N) is 2. The Hall–Kier alpha value is -3.09. The van der Waals surface area contributed by atoms with Gasteiger partial charge in [0.25, 0.3) is 0 Å². The van der Waals surface area contributed by atoms with Crippen molar-refractivity contribution >= 4 is 23.3 Å². The summed E-state index contributed by atoms with van der Waals surface area (Å²) in [5.41, 5.74) is 2.64. The minimum absolute atomic E-state index is 0.0408. The molecule has 1 saturated heterocycles. The maximum Gasteiger partial charge on any atom is 0.319 e. The van der Waals surface area contributed by atoms with E-state index in [0.29, 0.717) is 25.3 Å². The first-order valence-corrected chi connectivity index (χ1v) is 7.76. The van der Waals surface area contributed by atoms with Crippen LogP contribution in [0, 0.1) is 0 Å². The van der Waals surface area contributed by atoms with E-state index in [9.17, 15) is 9.59 Å². The van der Waals surface area contributed by atoms with Gasteiger partial charge >= 0.3 is 6.03 Å². The summed E-state index contributed by atoms with van der Waals surface area (Å²) >= 11 is 0. The first-order valence-electron chi connectivity index (χ1n) is 7.76. The molecule has 1 aromatic heterocycles. The summed E-state index contributed by atoms with van der Waals surface area (Å²) < 4.78 is 0. The van der Waals surface area contributed by atoms with Gasteiger partial charge in [0.2, 0.25) is 5.91 Å². The second kappa shape index (κ2) is 7.45. The van der Waals surface area contributed by atoms with Gasteiger partial charge < -0.3 is 20.9 Å². The zero-order chi connectivity index (χ0) is 16.8. The average molecular weight is 325 g/mol. The number of anilines is 2. The molecule has 3 N–H and O–H groups in total. The normalized spacial score (nSPS) is 14.0. The SMILES string of the molecule is O=C1CN(c2ccc(CNC(=O)Nc3cccnc3)cc2)CCN1. The molecule has 1 fully saturated rings. The van der Waals surface area contributed by atoms with Crippen molar-refractivity contribution < 1.29 is 9.59 Å². The Balaban J connectivity index is 1.51. The highest BCUT2D eigenvalue weighted by molar-refractivity contribution is 5.88. The second-order valence-electron chi connectivity index (χ2n) is 5.49. The Labute approximate surface area is 140 Å². The van der Waals surface area contributed by atoms with Crippen molar-refractivity contribution in [2.24, 2.45) is 0 Å². The number of aromatic nitrogens is 1. The third kappa shape index (κ3) is 4.22. The molecule has 0 bridgehead atoms. The van der Waals surface area contributed by atoms with Crippen LogP contribution in [0.1, 0.15) is 5.56 Å². The van der Waals surface area contributed by atoms with E-state index in [1.54, 1.807) is 24.5 Å². The number of carbonyl (C=O) groups is 2. The van der Waals surface area contributed by atoms with Crippen molar-refractivity contribution in [3.05, 3.63) is 54.4 Å². The van der Waals surface area contributed by atoms with Crippen LogP contribution in [0.4, 0.5) is 16.2 Å². The standard InChI is InChI=1S/C17H19N5O2/c23-16-12-22(9-8-19-16)15-5-3-13(4-6-15)10-20-17(24)21-14-2-1-7-18-11-14/h1-7,11H,8-10,12H2,(H,19,23)(H2,20,21,24). The van der Waals surface area contributed by atoms with Crippen LogP contribution in [0.3, 0.4) is 0 Å². The van der Waals surface area contributed by atoms with E-state index in [1.807, 2.05) is 29.2 Å². The molecule has 124 valence electrons. The smallest absolute Gasteiger partial charge is 0.319 e. The van der Waals surface area contributed by atoms with Crippen molar-refractivity contribution in [2.75, 3.05) is 29.9 Å². The van der Waals surface area contributed by atoms with Crippen molar-refractivity contribution in [1.29, 1.82) is 0 Å². The monoisotopic (exact) mass is 325 g/mol. The van der Waals surface area contributed by atoms with Crippen LogP contribution >= 0.6 is 0 Å². The maximum absolute atomic E-state index is 11.8. The first kappa shape index (κ1) is 15.8. The quantitative estimate of drug-likeness (QED) is 0.792. The number of amides is 3. The van der Waals surface area contributed by atoms with Gasteiger partial charge in [-0.3, -0.25) is 9.78 Å². The molecule has 1 aromatic carbocycles. The lowest BCUT2D eigenvalue weighted by atomic mass is 10.2. The fraction of sp³-hybridized carbons (Fsp3) is 0.235. The van der Waals surface area contributed by atoms with E-state index in [-0.39, 0.29) is 11.9 Å². The van der Waals surface area contributed by atoms with Crippen molar-refractivity contribution in [3.63, 3.8) is 0 Å². The fourth-order valence-corrected chi connectivity index (χ4v) is 2.48. The highest BCUT2D eigenvalue weighted by atomic mass is 16.2. The number of benzene rings is 1. The van der Waals surface area contributed by atoms with Crippen LogP contribution in [0.15, 0.2) is 48.8 Å². The molecule has 1 aliphatic rings. The Morgan fingerprint density at radius 3 is 2.79 bits per heavy atom. The molecule has 0 radical (unpaired) electrons. The van der Waals surface area contributed by atoms with E-state index >= 15 is 0 Å². The molecule has 2 heterocycles. The van der Waals surface area contributed by atoms with Crippen LogP contribution in [0.25, 0.3) is 0 Å². The second-order valence-corrected chi connectivity index (χ2v) is 5.49. The molecule has 0 saturated carbocycles. The molecule has 0 aliphatic carbocycles. The molecular formula is C17H19N5O2. The minimum Gasteiger partial charge on any atom is -0.360 e. The summed E-state index contributed by atoms with van der Waals surface area (Å²) in [4.78, 5) is 29.2. The number of hydrogen-bond acceptors (Lipinski definition) is 4. The molecule has 0 spiro atoms. The van der Waals surface area contributed by atoms with E-state index < -0.39 is 0 Å². The highest BCUT2D eigenvalue weighted by Gasteiger charge is 2.16. The summed E-state index contributed by atoms with van der Waals surface area (Å²) in [6.45, 7) is 2.27. The number of piperazine rings is 1. The summed E-state index contributed by atoms with van der Waals surface area (Å²) in [6, 6.07) is 11.1. The molecule has 3 amide bonds. The van der Waals surface area contributed by atoms with Gasteiger partial charge in [0.15, 0.2) is 0 Å². The van der Waals surface area contributed by atoms with Gasteiger partial charge in [-0.05, 0) is 29.8 Å². The predicted molar refractivity (Wildman–Crippen MR) is 91.8 cm³/mol. The summed E-state index contributed by atoms with van der Waals surface area (Å²) in [5.74, 6) is 0.0408. The predicted octanol–water partition coefficient (Wildman–Crippen LogP) is 1.34. The molecule has 0 unspecified atom stereocenters. The van der Waals surface area contributed by atoms with Gasteiger partial charge in [-0.25, -0.2) is 4.79 Å². The van der Waals surface area contributed by atoms with Gasteiger partial charge in [-0.15, -0.1) is 0 Å². The third-order valence-corrected chi connectivity index (χ3v) is 3.71. The molecular weight excluding hydrogens is 306 g/mol. The van der Waals surface area contributed by atoms with E-state index in [0.717, 1.165) is 17.8 Å². The van der Waals surface area contributed by atoms with Crippen molar-refractivity contribution in [1.82, 2.24) is 15.6 Å². The molecule has 0 atom stereocenters. The van der Waals surface area contributed by atoms with Gasteiger partial charge in [0, 0.05) is 31.5 Å². The van der Waals surface area contributed by atoms with Gasteiger partial charge in [0.1, 0.15) is 0 Å². The number of nitrogens with one attached hydrogen (secondary N) is 3. The summed E-state index contributed by atoms with van der Waals surface area (Å²) in [6.07, 6.45) is 3.24. The fourth-order valence-electron chi connectivity index (χ4n) is 2.48.